The second-order valence-electron chi connectivity index (χ2n) is 6.53. The van der Waals surface area contributed by atoms with Gasteiger partial charge in [0.2, 0.25) is 0 Å². The van der Waals surface area contributed by atoms with Crippen LogP contribution in [0.3, 0.4) is 0 Å². The third kappa shape index (κ3) is 2.91. The lowest BCUT2D eigenvalue weighted by Crippen LogP contribution is -2.62. The van der Waals surface area contributed by atoms with E-state index in [0.29, 0.717) is 0 Å². The molecule has 0 aromatic rings. The Morgan fingerprint density at radius 2 is 1.89 bits per heavy atom. The van der Waals surface area contributed by atoms with Crippen LogP contribution < -0.4 is 0 Å². The van der Waals surface area contributed by atoms with Gasteiger partial charge < -0.3 is 0 Å². The Balaban J connectivity index is 2.03. The van der Waals surface area contributed by atoms with Gasteiger partial charge in [-0.15, -0.1) is 0 Å². The van der Waals surface area contributed by atoms with Crippen molar-refractivity contribution in [3.8, 4) is 0 Å². The lowest BCUT2D eigenvalue weighted by molar-refractivity contribution is -0.0231. The molecule has 0 aromatic carbocycles. The predicted octanol–water partition coefficient (Wildman–Crippen LogP) is 3.37. The highest BCUT2D eigenvalue weighted by Gasteiger charge is 2.36. The zero-order valence-corrected chi connectivity index (χ0v) is 12.9. The molecule has 2 fully saturated rings. The molecule has 18 heavy (non-hydrogen) atoms. The van der Waals surface area contributed by atoms with Crippen molar-refractivity contribution in [1.29, 1.82) is 0 Å². The number of hydrogen-bond donors (Lipinski definition) is 0. The molecule has 2 heterocycles. The monoisotopic (exact) mass is 252 g/mol. The summed E-state index contributed by atoms with van der Waals surface area (Å²) in [5.41, 5.74) is 0. The average Bonchev–Trinajstić information content (AvgIpc) is 2.44. The fraction of sp³-hybridized carbons (Fsp3) is 1.00. The van der Waals surface area contributed by atoms with Crippen molar-refractivity contribution in [3.05, 3.63) is 0 Å². The second-order valence-corrected chi connectivity index (χ2v) is 6.53. The Bertz CT molecular complexity index is 253. The number of piperazine rings is 1. The van der Waals surface area contributed by atoms with Crippen LogP contribution in [-0.2, 0) is 0 Å². The highest BCUT2D eigenvalue weighted by atomic mass is 15.3. The van der Waals surface area contributed by atoms with Crippen molar-refractivity contribution in [2.75, 3.05) is 19.6 Å². The summed E-state index contributed by atoms with van der Waals surface area (Å²) in [6, 6.07) is 2.40. The van der Waals surface area contributed by atoms with Crippen LogP contribution in [0.1, 0.15) is 59.8 Å². The number of rotatable bonds is 4. The second kappa shape index (κ2) is 6.38. The Labute approximate surface area is 114 Å². The molecule has 0 spiro atoms. The van der Waals surface area contributed by atoms with Crippen molar-refractivity contribution in [1.82, 2.24) is 9.80 Å². The van der Waals surface area contributed by atoms with E-state index in [2.05, 4.69) is 37.5 Å². The molecule has 0 amide bonds. The van der Waals surface area contributed by atoms with Gasteiger partial charge in [0.1, 0.15) is 0 Å². The lowest BCUT2D eigenvalue weighted by Gasteiger charge is -2.51. The van der Waals surface area contributed by atoms with E-state index in [9.17, 15) is 0 Å². The first-order valence-electron chi connectivity index (χ1n) is 8.17. The number of nitrogens with zero attached hydrogens (tertiary/aromatic N) is 2. The molecule has 2 nitrogen and oxygen atoms in total. The van der Waals surface area contributed by atoms with Crippen molar-refractivity contribution >= 4 is 0 Å². The van der Waals surface area contributed by atoms with Gasteiger partial charge in [-0.05, 0) is 38.6 Å². The third-order valence-corrected chi connectivity index (χ3v) is 5.55. The zero-order valence-electron chi connectivity index (χ0n) is 12.9. The maximum absolute atomic E-state index is 2.83. The van der Waals surface area contributed by atoms with Gasteiger partial charge in [0, 0.05) is 31.2 Å². The molecular formula is C16H32N2. The van der Waals surface area contributed by atoms with E-state index in [1.165, 1.54) is 51.7 Å². The van der Waals surface area contributed by atoms with Crippen LogP contribution in [0.15, 0.2) is 0 Å². The minimum absolute atomic E-state index is 0.754. The first-order valence-corrected chi connectivity index (χ1v) is 8.17. The maximum atomic E-state index is 2.83. The van der Waals surface area contributed by atoms with Gasteiger partial charge >= 0.3 is 0 Å². The van der Waals surface area contributed by atoms with Gasteiger partial charge in [0.05, 0.1) is 0 Å². The van der Waals surface area contributed by atoms with Crippen LogP contribution in [0.5, 0.6) is 0 Å². The molecule has 2 aliphatic rings. The van der Waals surface area contributed by atoms with Crippen molar-refractivity contribution < 1.29 is 0 Å². The van der Waals surface area contributed by atoms with Crippen LogP contribution in [0.2, 0.25) is 0 Å². The third-order valence-electron chi connectivity index (χ3n) is 5.55. The molecule has 4 atom stereocenters. The van der Waals surface area contributed by atoms with Gasteiger partial charge in [0.15, 0.2) is 0 Å². The molecular weight excluding hydrogens is 220 g/mol. The molecule has 0 aromatic heterocycles. The van der Waals surface area contributed by atoms with Gasteiger partial charge in [0.25, 0.3) is 0 Å². The van der Waals surface area contributed by atoms with Crippen LogP contribution in [0.25, 0.3) is 0 Å². The number of hydrogen-bond acceptors (Lipinski definition) is 2. The summed E-state index contributed by atoms with van der Waals surface area (Å²) in [6.45, 7) is 13.6. The Morgan fingerprint density at radius 1 is 1.11 bits per heavy atom. The van der Waals surface area contributed by atoms with E-state index in [0.717, 1.165) is 24.0 Å². The maximum Gasteiger partial charge on any atom is 0.0224 e. The fourth-order valence-corrected chi connectivity index (χ4v) is 3.81. The highest BCUT2D eigenvalue weighted by molar-refractivity contribution is 4.92. The minimum Gasteiger partial charge on any atom is -0.298 e. The lowest BCUT2D eigenvalue weighted by atomic mass is 9.91. The summed E-state index contributed by atoms with van der Waals surface area (Å²) >= 11 is 0. The van der Waals surface area contributed by atoms with Crippen LogP contribution in [0.4, 0.5) is 0 Å². The average molecular weight is 252 g/mol. The van der Waals surface area contributed by atoms with Gasteiger partial charge in [-0.2, -0.15) is 0 Å². The molecule has 2 rings (SSSR count). The van der Waals surface area contributed by atoms with Gasteiger partial charge in [-0.3, -0.25) is 9.80 Å². The number of piperidine rings is 1. The quantitative estimate of drug-likeness (QED) is 0.757. The van der Waals surface area contributed by atoms with Crippen molar-refractivity contribution in [2.45, 2.75) is 77.9 Å². The topological polar surface area (TPSA) is 6.48 Å². The van der Waals surface area contributed by atoms with Crippen LogP contribution in [-0.4, -0.2) is 47.6 Å². The smallest absolute Gasteiger partial charge is 0.0224 e. The van der Waals surface area contributed by atoms with E-state index in [1.54, 1.807) is 0 Å². The Morgan fingerprint density at radius 3 is 2.56 bits per heavy atom. The molecule has 106 valence electrons. The minimum atomic E-state index is 0.754. The number of fused-ring (bicyclic) bond motifs is 1. The summed E-state index contributed by atoms with van der Waals surface area (Å²) in [7, 11) is 0. The van der Waals surface area contributed by atoms with Gasteiger partial charge in [-0.1, -0.05) is 33.6 Å². The zero-order chi connectivity index (χ0) is 13.1. The molecule has 2 aliphatic heterocycles. The highest BCUT2D eigenvalue weighted by Crippen LogP contribution is 2.28. The molecule has 0 bridgehead atoms. The standard InChI is InChI=1S/C16H32N2/c1-5-13(3)14(4)18-12-16-9-7-8-10-17(16)11-15(18)6-2/h13-16H,5-12H2,1-4H3. The van der Waals surface area contributed by atoms with Crippen LogP contribution in [0, 0.1) is 5.92 Å². The first kappa shape index (κ1) is 14.3. The molecule has 0 radical (unpaired) electrons. The molecule has 0 N–H and O–H groups in total. The largest absolute Gasteiger partial charge is 0.298 e. The molecule has 0 aliphatic carbocycles. The first-order chi connectivity index (χ1) is 8.67. The van der Waals surface area contributed by atoms with E-state index in [-0.39, 0.29) is 0 Å². The summed E-state index contributed by atoms with van der Waals surface area (Å²) in [4.78, 5) is 5.61. The Kier molecular flexibility index (Phi) is 5.08. The van der Waals surface area contributed by atoms with E-state index in [4.69, 9.17) is 0 Å². The summed E-state index contributed by atoms with van der Waals surface area (Å²) < 4.78 is 0. The van der Waals surface area contributed by atoms with Crippen molar-refractivity contribution in [3.63, 3.8) is 0 Å². The van der Waals surface area contributed by atoms with E-state index in [1.807, 2.05) is 0 Å². The summed E-state index contributed by atoms with van der Waals surface area (Å²) in [5, 5.41) is 0. The predicted molar refractivity (Wildman–Crippen MR) is 78.9 cm³/mol. The molecule has 2 saturated heterocycles. The van der Waals surface area contributed by atoms with Crippen LogP contribution >= 0.6 is 0 Å². The fourth-order valence-electron chi connectivity index (χ4n) is 3.81. The van der Waals surface area contributed by atoms with Crippen molar-refractivity contribution in [2.24, 2.45) is 5.92 Å². The molecule has 2 heteroatoms. The molecule has 4 unspecified atom stereocenters. The Hall–Kier alpha value is -0.0800. The summed E-state index contributed by atoms with van der Waals surface area (Å²) in [6.07, 6.45) is 6.92. The normalized spacial score (nSPS) is 34.0. The van der Waals surface area contributed by atoms with E-state index >= 15 is 0 Å². The van der Waals surface area contributed by atoms with Gasteiger partial charge in [-0.25, -0.2) is 0 Å². The summed E-state index contributed by atoms with van der Waals surface area (Å²) in [5.74, 6) is 0.828. The SMILES string of the molecule is CCC(C)C(C)N1CC2CCCCN2CC1CC. The van der Waals surface area contributed by atoms with E-state index < -0.39 is 0 Å². The molecule has 0 saturated carbocycles.